The fourth-order valence-electron chi connectivity index (χ4n) is 2.70. The Morgan fingerprint density at radius 1 is 1.32 bits per heavy atom. The van der Waals surface area contributed by atoms with Gasteiger partial charge in [-0.1, -0.05) is 0 Å². The smallest absolute Gasteiger partial charge is 0.254 e. The summed E-state index contributed by atoms with van der Waals surface area (Å²) in [5.74, 6) is 1.95. The number of hydrogen-bond acceptors (Lipinski definition) is 5. The van der Waals surface area contributed by atoms with Crippen molar-refractivity contribution in [1.82, 2.24) is 25.7 Å². The molecule has 1 amide bonds. The topological polar surface area (TPSA) is 86.8 Å². The van der Waals surface area contributed by atoms with Crippen LogP contribution in [0.1, 0.15) is 34.8 Å². The van der Waals surface area contributed by atoms with Crippen molar-refractivity contribution < 1.29 is 4.79 Å². The molecule has 2 aromatic heterocycles. The van der Waals surface area contributed by atoms with Crippen LogP contribution in [0.2, 0.25) is 0 Å². The maximum absolute atomic E-state index is 11.8. The lowest BCUT2D eigenvalue weighted by atomic mass is 10.00. The SMILES string of the molecule is O=C(NCC1CN(c2ccc(C3CC3)nn2)C1)c1cn[nH]c1. The molecule has 1 aliphatic heterocycles. The number of hydrogen-bond donors (Lipinski definition) is 2. The van der Waals surface area contributed by atoms with E-state index in [9.17, 15) is 4.79 Å². The van der Waals surface area contributed by atoms with E-state index in [4.69, 9.17) is 0 Å². The number of carbonyl (C=O) groups excluding carboxylic acids is 1. The molecule has 0 bridgehead atoms. The number of aromatic nitrogens is 4. The highest BCUT2D eigenvalue weighted by molar-refractivity contribution is 5.93. The fraction of sp³-hybridized carbons (Fsp3) is 0.467. The van der Waals surface area contributed by atoms with Crippen LogP contribution in [0.15, 0.2) is 24.5 Å². The van der Waals surface area contributed by atoms with Crippen molar-refractivity contribution in [3.8, 4) is 0 Å². The van der Waals surface area contributed by atoms with E-state index < -0.39 is 0 Å². The largest absolute Gasteiger partial charge is 0.354 e. The van der Waals surface area contributed by atoms with E-state index in [1.165, 1.54) is 19.0 Å². The van der Waals surface area contributed by atoms with Crippen LogP contribution in [0, 0.1) is 5.92 Å². The first-order valence-electron chi connectivity index (χ1n) is 7.65. The van der Waals surface area contributed by atoms with Crippen molar-refractivity contribution in [1.29, 1.82) is 0 Å². The molecule has 114 valence electrons. The number of H-pyrrole nitrogens is 1. The predicted octanol–water partition coefficient (Wildman–Crippen LogP) is 0.943. The number of nitrogens with one attached hydrogen (secondary N) is 2. The Bertz CT molecular complexity index is 643. The first-order chi connectivity index (χ1) is 10.8. The van der Waals surface area contributed by atoms with Gasteiger partial charge in [0.2, 0.25) is 0 Å². The molecular formula is C15H18N6O. The molecule has 2 N–H and O–H groups in total. The Labute approximate surface area is 128 Å². The molecule has 0 unspecified atom stereocenters. The Morgan fingerprint density at radius 2 is 2.18 bits per heavy atom. The number of nitrogens with zero attached hydrogens (tertiary/aromatic N) is 4. The Balaban J connectivity index is 1.24. The molecule has 2 aromatic rings. The van der Waals surface area contributed by atoms with E-state index in [-0.39, 0.29) is 5.91 Å². The highest BCUT2D eigenvalue weighted by atomic mass is 16.1. The third-order valence-corrected chi connectivity index (χ3v) is 4.26. The second kappa shape index (κ2) is 5.40. The molecule has 7 heteroatoms. The van der Waals surface area contributed by atoms with Gasteiger partial charge in [0.15, 0.2) is 5.82 Å². The second-order valence-electron chi connectivity index (χ2n) is 6.06. The number of amides is 1. The zero-order valence-corrected chi connectivity index (χ0v) is 12.2. The number of carbonyl (C=O) groups is 1. The maximum atomic E-state index is 11.8. The van der Waals surface area contributed by atoms with Crippen LogP contribution in [0.25, 0.3) is 0 Å². The van der Waals surface area contributed by atoms with Gasteiger partial charge >= 0.3 is 0 Å². The minimum Gasteiger partial charge on any atom is -0.354 e. The van der Waals surface area contributed by atoms with E-state index in [0.29, 0.717) is 23.9 Å². The average molecular weight is 298 g/mol. The van der Waals surface area contributed by atoms with Crippen LogP contribution in [-0.4, -0.2) is 45.9 Å². The van der Waals surface area contributed by atoms with Crippen molar-refractivity contribution in [2.75, 3.05) is 24.5 Å². The van der Waals surface area contributed by atoms with Crippen LogP contribution in [0.5, 0.6) is 0 Å². The van der Waals surface area contributed by atoms with Crippen molar-refractivity contribution in [3.63, 3.8) is 0 Å². The summed E-state index contributed by atoms with van der Waals surface area (Å²) in [4.78, 5) is 14.0. The third-order valence-electron chi connectivity index (χ3n) is 4.26. The summed E-state index contributed by atoms with van der Waals surface area (Å²) in [5, 5.41) is 18.0. The van der Waals surface area contributed by atoms with E-state index in [1.54, 1.807) is 6.20 Å². The zero-order chi connectivity index (χ0) is 14.9. The van der Waals surface area contributed by atoms with E-state index in [2.05, 4.69) is 42.7 Å². The van der Waals surface area contributed by atoms with Gasteiger partial charge in [0.05, 0.1) is 17.5 Å². The number of anilines is 1. The molecule has 0 spiro atoms. The average Bonchev–Trinajstić information content (AvgIpc) is 3.20. The van der Waals surface area contributed by atoms with Gasteiger partial charge < -0.3 is 10.2 Å². The van der Waals surface area contributed by atoms with E-state index >= 15 is 0 Å². The van der Waals surface area contributed by atoms with Crippen LogP contribution in [-0.2, 0) is 0 Å². The molecule has 1 saturated carbocycles. The summed E-state index contributed by atoms with van der Waals surface area (Å²) in [6, 6.07) is 4.15. The van der Waals surface area contributed by atoms with Crippen LogP contribution in [0.3, 0.4) is 0 Å². The van der Waals surface area contributed by atoms with Gasteiger partial charge in [0.1, 0.15) is 0 Å². The Kier molecular flexibility index (Phi) is 3.25. The van der Waals surface area contributed by atoms with Crippen molar-refractivity contribution in [3.05, 3.63) is 35.8 Å². The van der Waals surface area contributed by atoms with Crippen LogP contribution < -0.4 is 10.2 Å². The quantitative estimate of drug-likeness (QED) is 0.858. The molecule has 2 fully saturated rings. The van der Waals surface area contributed by atoms with E-state index in [0.717, 1.165) is 24.6 Å². The number of rotatable bonds is 5. The van der Waals surface area contributed by atoms with Gasteiger partial charge in [-0.2, -0.15) is 10.2 Å². The molecule has 1 aliphatic carbocycles. The molecule has 0 aromatic carbocycles. The molecule has 22 heavy (non-hydrogen) atoms. The standard InChI is InChI=1S/C15H18N6O/c22-15(12-6-17-18-7-12)16-5-10-8-21(9-10)14-4-3-13(19-20-14)11-1-2-11/h3-4,6-7,10-11H,1-2,5,8-9H2,(H,16,22)(H,17,18). The van der Waals surface area contributed by atoms with Crippen molar-refractivity contribution in [2.24, 2.45) is 5.92 Å². The first kappa shape index (κ1) is 13.2. The van der Waals surface area contributed by atoms with Gasteiger partial charge in [-0.3, -0.25) is 9.89 Å². The highest BCUT2D eigenvalue weighted by Gasteiger charge is 2.29. The highest BCUT2D eigenvalue weighted by Crippen LogP contribution is 2.38. The molecular weight excluding hydrogens is 280 g/mol. The zero-order valence-electron chi connectivity index (χ0n) is 12.2. The van der Waals surface area contributed by atoms with E-state index in [1.807, 2.05) is 0 Å². The van der Waals surface area contributed by atoms with Gasteiger partial charge in [-0.25, -0.2) is 0 Å². The molecule has 3 heterocycles. The van der Waals surface area contributed by atoms with Crippen LogP contribution in [0.4, 0.5) is 5.82 Å². The Morgan fingerprint density at radius 3 is 2.82 bits per heavy atom. The first-order valence-corrected chi connectivity index (χ1v) is 7.65. The Hall–Kier alpha value is -2.44. The molecule has 0 atom stereocenters. The van der Waals surface area contributed by atoms with Crippen molar-refractivity contribution >= 4 is 11.7 Å². The molecule has 0 radical (unpaired) electrons. The fourth-order valence-corrected chi connectivity index (χ4v) is 2.70. The predicted molar refractivity (Wildman–Crippen MR) is 80.6 cm³/mol. The molecule has 7 nitrogen and oxygen atoms in total. The number of aromatic amines is 1. The summed E-state index contributed by atoms with van der Waals surface area (Å²) >= 11 is 0. The van der Waals surface area contributed by atoms with Gasteiger partial charge in [0, 0.05) is 37.7 Å². The van der Waals surface area contributed by atoms with Gasteiger partial charge in [-0.15, -0.1) is 5.10 Å². The molecule has 1 saturated heterocycles. The monoisotopic (exact) mass is 298 g/mol. The normalized spacial score (nSPS) is 18.1. The molecule has 2 aliphatic rings. The van der Waals surface area contributed by atoms with Crippen molar-refractivity contribution in [2.45, 2.75) is 18.8 Å². The lowest BCUT2D eigenvalue weighted by Gasteiger charge is -2.39. The second-order valence-corrected chi connectivity index (χ2v) is 6.06. The summed E-state index contributed by atoms with van der Waals surface area (Å²) < 4.78 is 0. The lowest BCUT2D eigenvalue weighted by Crippen LogP contribution is -2.51. The van der Waals surface area contributed by atoms with Gasteiger partial charge in [0.25, 0.3) is 5.91 Å². The third kappa shape index (κ3) is 2.66. The summed E-state index contributed by atoms with van der Waals surface area (Å²) in [6.07, 6.45) is 5.62. The summed E-state index contributed by atoms with van der Waals surface area (Å²) in [5.41, 5.74) is 1.69. The minimum absolute atomic E-state index is 0.0826. The van der Waals surface area contributed by atoms with Crippen LogP contribution >= 0.6 is 0 Å². The summed E-state index contributed by atoms with van der Waals surface area (Å²) in [6.45, 7) is 2.49. The van der Waals surface area contributed by atoms with Gasteiger partial charge in [-0.05, 0) is 25.0 Å². The molecule has 4 rings (SSSR count). The minimum atomic E-state index is -0.0826. The lowest BCUT2D eigenvalue weighted by molar-refractivity contribution is 0.0944. The maximum Gasteiger partial charge on any atom is 0.254 e. The summed E-state index contributed by atoms with van der Waals surface area (Å²) in [7, 11) is 0.